The molecule has 10 heteroatoms. The van der Waals surface area contributed by atoms with E-state index in [0.29, 0.717) is 19.3 Å². The molecule has 7 nitrogen and oxygen atoms in total. The van der Waals surface area contributed by atoms with Crippen molar-refractivity contribution < 1.29 is 26.0 Å². The van der Waals surface area contributed by atoms with Gasteiger partial charge in [-0.25, -0.2) is 21.2 Å². The molecule has 2 heterocycles. The van der Waals surface area contributed by atoms with Crippen molar-refractivity contribution in [3.8, 4) is 0 Å². The van der Waals surface area contributed by atoms with Crippen LogP contribution >= 0.6 is 0 Å². The van der Waals surface area contributed by atoms with E-state index in [1.807, 2.05) is 0 Å². The van der Waals surface area contributed by atoms with Crippen molar-refractivity contribution in [1.82, 2.24) is 9.21 Å². The van der Waals surface area contributed by atoms with E-state index in [1.54, 1.807) is 6.08 Å². The Morgan fingerprint density at radius 3 is 2.55 bits per heavy atom. The maximum Gasteiger partial charge on any atom is 0.243 e. The number of sulfone groups is 1. The van der Waals surface area contributed by atoms with Crippen molar-refractivity contribution in [2.24, 2.45) is 5.92 Å². The summed E-state index contributed by atoms with van der Waals surface area (Å²) in [7, 11) is -7.00. The second-order valence-electron chi connectivity index (χ2n) is 7.49. The van der Waals surface area contributed by atoms with Crippen molar-refractivity contribution in [2.45, 2.75) is 30.2 Å². The zero-order valence-electron chi connectivity index (χ0n) is 16.0. The zero-order valence-corrected chi connectivity index (χ0v) is 17.7. The molecule has 2 fully saturated rings. The second kappa shape index (κ2) is 8.53. The number of benzene rings is 1. The summed E-state index contributed by atoms with van der Waals surface area (Å²) in [5, 5.41) is 0. The fourth-order valence-electron chi connectivity index (χ4n) is 3.93. The first-order chi connectivity index (χ1) is 13.6. The van der Waals surface area contributed by atoms with Gasteiger partial charge in [0.15, 0.2) is 9.84 Å². The number of carbonyl (C=O) groups is 1. The molecule has 2 atom stereocenters. The Morgan fingerprint density at radius 1 is 1.28 bits per heavy atom. The molecule has 2 aliphatic heterocycles. The molecular formula is C19H25FN2O5S2. The van der Waals surface area contributed by atoms with E-state index in [2.05, 4.69) is 6.58 Å². The Hall–Kier alpha value is -1.78. The van der Waals surface area contributed by atoms with E-state index < -0.39 is 37.6 Å². The van der Waals surface area contributed by atoms with E-state index in [9.17, 15) is 26.0 Å². The van der Waals surface area contributed by atoms with Gasteiger partial charge < -0.3 is 4.90 Å². The molecule has 2 saturated heterocycles. The van der Waals surface area contributed by atoms with Crippen LogP contribution in [0.15, 0.2) is 41.8 Å². The highest BCUT2D eigenvalue weighted by atomic mass is 32.2. The van der Waals surface area contributed by atoms with Crippen LogP contribution in [0.4, 0.5) is 4.39 Å². The molecule has 2 aliphatic rings. The van der Waals surface area contributed by atoms with Gasteiger partial charge in [0.2, 0.25) is 15.9 Å². The van der Waals surface area contributed by atoms with Gasteiger partial charge in [-0.05, 0) is 43.5 Å². The maximum absolute atomic E-state index is 13.2. The van der Waals surface area contributed by atoms with Crippen molar-refractivity contribution >= 4 is 25.8 Å². The summed E-state index contributed by atoms with van der Waals surface area (Å²) in [5.41, 5.74) is 0. The molecule has 0 spiro atoms. The van der Waals surface area contributed by atoms with Gasteiger partial charge in [0.25, 0.3) is 0 Å². The van der Waals surface area contributed by atoms with Gasteiger partial charge in [-0.2, -0.15) is 4.31 Å². The molecular weight excluding hydrogens is 419 g/mol. The average Bonchev–Trinajstić information content (AvgIpc) is 3.05. The van der Waals surface area contributed by atoms with Crippen LogP contribution < -0.4 is 0 Å². The highest BCUT2D eigenvalue weighted by Gasteiger charge is 2.39. The van der Waals surface area contributed by atoms with Crippen LogP contribution in [0.5, 0.6) is 0 Å². The van der Waals surface area contributed by atoms with Gasteiger partial charge in [0, 0.05) is 25.7 Å². The molecule has 0 radical (unpaired) electrons. The molecule has 0 saturated carbocycles. The summed E-state index contributed by atoms with van der Waals surface area (Å²) < 4.78 is 63.8. The summed E-state index contributed by atoms with van der Waals surface area (Å²) in [5.74, 6) is -1.35. The van der Waals surface area contributed by atoms with E-state index in [-0.39, 0.29) is 41.9 Å². The summed E-state index contributed by atoms with van der Waals surface area (Å²) in [6.07, 6.45) is 2.98. The number of rotatable bonds is 6. The molecule has 0 aliphatic carbocycles. The first-order valence-corrected chi connectivity index (χ1v) is 12.8. The second-order valence-corrected chi connectivity index (χ2v) is 11.7. The number of piperidine rings is 1. The third kappa shape index (κ3) is 4.87. The normalized spacial score (nSPS) is 24.9. The number of hydrogen-bond acceptors (Lipinski definition) is 5. The minimum atomic E-state index is -3.84. The average molecular weight is 445 g/mol. The SMILES string of the molecule is C=CCN(C(=O)[C@@H]1CCCN(S(=O)(=O)c2ccc(F)cc2)C1)[C@@H]1CCS(=O)(=O)C1. The number of carbonyl (C=O) groups excluding carboxylic acids is 1. The van der Waals surface area contributed by atoms with E-state index in [1.165, 1.54) is 21.3 Å². The molecule has 1 aromatic rings. The van der Waals surface area contributed by atoms with Gasteiger partial charge in [0.1, 0.15) is 5.82 Å². The minimum absolute atomic E-state index is 0.0168. The third-order valence-electron chi connectivity index (χ3n) is 5.44. The predicted octanol–water partition coefficient (Wildman–Crippen LogP) is 1.43. The van der Waals surface area contributed by atoms with Crippen molar-refractivity contribution in [3.05, 3.63) is 42.7 Å². The Kier molecular flexibility index (Phi) is 6.45. The lowest BCUT2D eigenvalue weighted by Crippen LogP contribution is -2.50. The lowest BCUT2D eigenvalue weighted by Gasteiger charge is -2.36. The van der Waals surface area contributed by atoms with Crippen molar-refractivity contribution in [1.29, 1.82) is 0 Å². The van der Waals surface area contributed by atoms with Crippen LogP contribution in [0.1, 0.15) is 19.3 Å². The lowest BCUT2D eigenvalue weighted by molar-refractivity contribution is -0.138. The lowest BCUT2D eigenvalue weighted by atomic mass is 9.97. The van der Waals surface area contributed by atoms with Gasteiger partial charge in [-0.3, -0.25) is 4.79 Å². The fourth-order valence-corrected chi connectivity index (χ4v) is 7.19. The zero-order chi connectivity index (χ0) is 21.2. The first-order valence-electron chi connectivity index (χ1n) is 9.51. The first kappa shape index (κ1) is 21.9. The number of sulfonamides is 1. The summed E-state index contributed by atoms with van der Waals surface area (Å²) in [4.78, 5) is 14.7. The van der Waals surface area contributed by atoms with Gasteiger partial charge in [-0.1, -0.05) is 6.08 Å². The summed E-state index contributed by atoms with van der Waals surface area (Å²) in [6.45, 7) is 4.18. The van der Waals surface area contributed by atoms with Gasteiger partial charge in [0.05, 0.1) is 22.3 Å². The molecule has 160 valence electrons. The number of amides is 1. The van der Waals surface area contributed by atoms with E-state index >= 15 is 0 Å². The monoisotopic (exact) mass is 444 g/mol. The van der Waals surface area contributed by atoms with Crippen LogP contribution in [-0.2, 0) is 24.7 Å². The van der Waals surface area contributed by atoms with Crippen LogP contribution in [0.2, 0.25) is 0 Å². The van der Waals surface area contributed by atoms with Gasteiger partial charge >= 0.3 is 0 Å². The quantitative estimate of drug-likeness (QED) is 0.619. The molecule has 3 rings (SSSR count). The third-order valence-corrected chi connectivity index (χ3v) is 9.07. The topological polar surface area (TPSA) is 91.8 Å². The fraction of sp³-hybridized carbons (Fsp3) is 0.526. The summed E-state index contributed by atoms with van der Waals surface area (Å²) in [6, 6.07) is 4.19. The van der Waals surface area contributed by atoms with Crippen LogP contribution in [-0.4, -0.2) is 69.1 Å². The molecule has 29 heavy (non-hydrogen) atoms. The number of hydrogen-bond donors (Lipinski definition) is 0. The molecule has 0 N–H and O–H groups in total. The van der Waals surface area contributed by atoms with E-state index in [4.69, 9.17) is 0 Å². The molecule has 1 aromatic carbocycles. The largest absolute Gasteiger partial charge is 0.335 e. The Bertz CT molecular complexity index is 976. The van der Waals surface area contributed by atoms with Crippen molar-refractivity contribution in [2.75, 3.05) is 31.1 Å². The molecule has 0 aromatic heterocycles. The highest BCUT2D eigenvalue weighted by Crippen LogP contribution is 2.27. The van der Waals surface area contributed by atoms with Gasteiger partial charge in [-0.15, -0.1) is 6.58 Å². The van der Waals surface area contributed by atoms with Crippen molar-refractivity contribution in [3.63, 3.8) is 0 Å². The van der Waals surface area contributed by atoms with Crippen LogP contribution in [0, 0.1) is 11.7 Å². The number of halogens is 1. The standard InChI is InChI=1S/C19H25FN2O5S2/c1-2-10-22(17-9-12-28(24,25)14-17)19(23)15-4-3-11-21(13-15)29(26,27)18-7-5-16(20)6-8-18/h2,5-8,15,17H,1,3-4,9-14H2/t15-,17-/m1/s1. The molecule has 0 unspecified atom stereocenters. The predicted molar refractivity (Wildman–Crippen MR) is 107 cm³/mol. The number of nitrogens with zero attached hydrogens (tertiary/aromatic N) is 2. The summed E-state index contributed by atoms with van der Waals surface area (Å²) >= 11 is 0. The Balaban J connectivity index is 1.77. The van der Waals surface area contributed by atoms with Crippen LogP contribution in [0.3, 0.4) is 0 Å². The Labute approximate surface area is 171 Å². The highest BCUT2D eigenvalue weighted by molar-refractivity contribution is 7.91. The maximum atomic E-state index is 13.2. The van der Waals surface area contributed by atoms with Crippen LogP contribution in [0.25, 0.3) is 0 Å². The minimum Gasteiger partial charge on any atom is -0.335 e. The molecule has 0 bridgehead atoms. The van der Waals surface area contributed by atoms with E-state index in [0.717, 1.165) is 12.1 Å². The molecule has 1 amide bonds. The Morgan fingerprint density at radius 2 is 1.97 bits per heavy atom. The smallest absolute Gasteiger partial charge is 0.243 e.